The van der Waals surface area contributed by atoms with Gasteiger partial charge >= 0.3 is 0 Å². The molecule has 0 aliphatic heterocycles. The molecular weight excluding hydrogens is 202 g/mol. The zero-order valence-electron chi connectivity index (χ0n) is 8.78. The molecule has 1 heterocycles. The minimum Gasteiger partial charge on any atom is -0.506 e. The van der Waals surface area contributed by atoms with Crippen LogP contribution >= 0.6 is 0 Å². The van der Waals surface area contributed by atoms with Crippen LogP contribution in [0.2, 0.25) is 0 Å². The Bertz CT molecular complexity index is 698. The molecule has 0 spiro atoms. The van der Waals surface area contributed by atoms with E-state index in [9.17, 15) is 10.2 Å². The van der Waals surface area contributed by atoms with Gasteiger partial charge in [-0.1, -0.05) is 24.3 Å². The standard InChI is InChI=1S/C13H11NO2/c1-7-5-6-9-8-3-2-4-10(15)11(8)14-12(9)13(7)16/h2-6,14-16H,1H3. The summed E-state index contributed by atoms with van der Waals surface area (Å²) in [4.78, 5) is 3.06. The molecule has 0 saturated heterocycles. The summed E-state index contributed by atoms with van der Waals surface area (Å²) in [6.45, 7) is 1.85. The van der Waals surface area contributed by atoms with Crippen LogP contribution in [-0.4, -0.2) is 15.2 Å². The number of para-hydroxylation sites is 1. The molecule has 0 saturated carbocycles. The first-order valence-corrected chi connectivity index (χ1v) is 5.10. The van der Waals surface area contributed by atoms with Crippen LogP contribution in [0.1, 0.15) is 5.56 Å². The largest absolute Gasteiger partial charge is 0.506 e. The van der Waals surface area contributed by atoms with Crippen LogP contribution in [0.4, 0.5) is 0 Å². The van der Waals surface area contributed by atoms with E-state index in [0.717, 1.165) is 16.3 Å². The maximum absolute atomic E-state index is 9.94. The molecule has 3 aromatic rings. The zero-order chi connectivity index (χ0) is 11.3. The summed E-state index contributed by atoms with van der Waals surface area (Å²) in [5.74, 6) is 0.443. The second kappa shape index (κ2) is 2.92. The molecule has 3 N–H and O–H groups in total. The van der Waals surface area contributed by atoms with Crippen molar-refractivity contribution in [2.45, 2.75) is 6.92 Å². The SMILES string of the molecule is Cc1ccc2c([nH]c3c(O)cccc32)c1O. The summed E-state index contributed by atoms with van der Waals surface area (Å²) < 4.78 is 0. The van der Waals surface area contributed by atoms with Crippen LogP contribution in [0.3, 0.4) is 0 Å². The van der Waals surface area contributed by atoms with E-state index in [0.29, 0.717) is 11.0 Å². The van der Waals surface area contributed by atoms with Crippen LogP contribution in [-0.2, 0) is 0 Å². The molecule has 0 unspecified atom stereocenters. The lowest BCUT2D eigenvalue weighted by Crippen LogP contribution is -1.75. The van der Waals surface area contributed by atoms with E-state index >= 15 is 0 Å². The number of benzene rings is 2. The topological polar surface area (TPSA) is 56.2 Å². The maximum Gasteiger partial charge on any atom is 0.142 e. The third-order valence-electron chi connectivity index (χ3n) is 2.96. The molecule has 2 aromatic carbocycles. The van der Waals surface area contributed by atoms with Crippen LogP contribution in [0, 0.1) is 6.92 Å². The molecule has 0 amide bonds. The van der Waals surface area contributed by atoms with Gasteiger partial charge in [0, 0.05) is 10.8 Å². The fourth-order valence-electron chi connectivity index (χ4n) is 2.07. The van der Waals surface area contributed by atoms with E-state index in [1.165, 1.54) is 0 Å². The Morgan fingerprint density at radius 2 is 1.69 bits per heavy atom. The van der Waals surface area contributed by atoms with E-state index in [1.54, 1.807) is 12.1 Å². The Labute approximate surface area is 92.0 Å². The Hall–Kier alpha value is -2.16. The van der Waals surface area contributed by atoms with E-state index in [-0.39, 0.29) is 11.5 Å². The highest BCUT2D eigenvalue weighted by atomic mass is 16.3. The van der Waals surface area contributed by atoms with E-state index in [4.69, 9.17) is 0 Å². The molecule has 16 heavy (non-hydrogen) atoms. The molecule has 0 aliphatic carbocycles. The first-order chi connectivity index (χ1) is 7.68. The number of aromatic amines is 1. The van der Waals surface area contributed by atoms with Crippen molar-refractivity contribution in [2.24, 2.45) is 0 Å². The summed E-state index contributed by atoms with van der Waals surface area (Å²) in [6, 6.07) is 9.16. The molecule has 3 heteroatoms. The predicted octanol–water partition coefficient (Wildman–Crippen LogP) is 3.04. The van der Waals surface area contributed by atoms with Crippen molar-refractivity contribution in [3.8, 4) is 11.5 Å². The van der Waals surface area contributed by atoms with Gasteiger partial charge in [0.15, 0.2) is 0 Å². The summed E-state index contributed by atoms with van der Waals surface area (Å²) in [5.41, 5.74) is 2.16. The van der Waals surface area contributed by atoms with E-state index < -0.39 is 0 Å². The number of nitrogens with one attached hydrogen (secondary N) is 1. The number of phenolic OH excluding ortho intramolecular Hbond substituents is 2. The second-order valence-electron chi connectivity index (χ2n) is 3.98. The Morgan fingerprint density at radius 1 is 0.938 bits per heavy atom. The van der Waals surface area contributed by atoms with Crippen LogP contribution in [0.15, 0.2) is 30.3 Å². The average molecular weight is 213 g/mol. The van der Waals surface area contributed by atoms with Gasteiger partial charge in [-0.15, -0.1) is 0 Å². The van der Waals surface area contributed by atoms with Crippen molar-refractivity contribution in [2.75, 3.05) is 0 Å². The number of aromatic nitrogens is 1. The number of hydrogen-bond donors (Lipinski definition) is 3. The van der Waals surface area contributed by atoms with Crippen molar-refractivity contribution in [1.29, 1.82) is 0 Å². The Morgan fingerprint density at radius 3 is 2.50 bits per heavy atom. The minimum absolute atomic E-state index is 0.200. The summed E-state index contributed by atoms with van der Waals surface area (Å²) >= 11 is 0. The number of hydrogen-bond acceptors (Lipinski definition) is 2. The van der Waals surface area contributed by atoms with Gasteiger partial charge in [-0.3, -0.25) is 0 Å². The fraction of sp³-hybridized carbons (Fsp3) is 0.0769. The van der Waals surface area contributed by atoms with Gasteiger partial charge in [0.1, 0.15) is 11.5 Å². The molecule has 0 atom stereocenters. The van der Waals surface area contributed by atoms with Gasteiger partial charge in [-0.05, 0) is 18.6 Å². The molecule has 80 valence electrons. The van der Waals surface area contributed by atoms with Gasteiger partial charge in [0.2, 0.25) is 0 Å². The smallest absolute Gasteiger partial charge is 0.142 e. The lowest BCUT2D eigenvalue weighted by Gasteiger charge is -1.98. The van der Waals surface area contributed by atoms with E-state index in [2.05, 4.69) is 4.98 Å². The van der Waals surface area contributed by atoms with Crippen molar-refractivity contribution in [1.82, 2.24) is 4.98 Å². The monoisotopic (exact) mass is 213 g/mol. The van der Waals surface area contributed by atoms with Crippen LogP contribution in [0.25, 0.3) is 21.8 Å². The fourth-order valence-corrected chi connectivity index (χ4v) is 2.07. The van der Waals surface area contributed by atoms with E-state index in [1.807, 2.05) is 25.1 Å². The van der Waals surface area contributed by atoms with Crippen LogP contribution in [0.5, 0.6) is 11.5 Å². The number of H-pyrrole nitrogens is 1. The van der Waals surface area contributed by atoms with Crippen molar-refractivity contribution < 1.29 is 10.2 Å². The molecule has 0 radical (unpaired) electrons. The molecule has 1 aromatic heterocycles. The van der Waals surface area contributed by atoms with Crippen LogP contribution < -0.4 is 0 Å². The Kier molecular flexibility index (Phi) is 1.66. The summed E-state index contributed by atoms with van der Waals surface area (Å²) in [6.07, 6.45) is 0. The normalized spacial score (nSPS) is 11.3. The molecule has 3 nitrogen and oxygen atoms in total. The minimum atomic E-state index is 0.200. The highest BCUT2D eigenvalue weighted by Crippen LogP contribution is 2.36. The first kappa shape index (κ1) is 9.09. The number of aromatic hydroxyl groups is 2. The van der Waals surface area contributed by atoms with Crippen molar-refractivity contribution in [3.63, 3.8) is 0 Å². The number of fused-ring (bicyclic) bond motifs is 3. The third kappa shape index (κ3) is 1.03. The van der Waals surface area contributed by atoms with Gasteiger partial charge in [0.05, 0.1) is 11.0 Å². The first-order valence-electron chi connectivity index (χ1n) is 5.10. The summed E-state index contributed by atoms with van der Waals surface area (Å²) in [7, 11) is 0. The molecule has 0 aliphatic rings. The highest BCUT2D eigenvalue weighted by Gasteiger charge is 2.11. The lowest BCUT2D eigenvalue weighted by molar-refractivity contribution is 0.476. The third-order valence-corrected chi connectivity index (χ3v) is 2.96. The molecule has 0 fully saturated rings. The van der Waals surface area contributed by atoms with Gasteiger partial charge < -0.3 is 15.2 Å². The number of aryl methyl sites for hydroxylation is 1. The lowest BCUT2D eigenvalue weighted by atomic mass is 10.1. The molecular formula is C13H11NO2. The zero-order valence-corrected chi connectivity index (χ0v) is 8.78. The maximum atomic E-state index is 9.94. The van der Waals surface area contributed by atoms with Crippen molar-refractivity contribution in [3.05, 3.63) is 35.9 Å². The quantitative estimate of drug-likeness (QED) is 0.537. The van der Waals surface area contributed by atoms with Gasteiger partial charge in [-0.25, -0.2) is 0 Å². The highest BCUT2D eigenvalue weighted by molar-refractivity contribution is 6.11. The molecule has 0 bridgehead atoms. The summed E-state index contributed by atoms with van der Waals surface area (Å²) in [5, 5.41) is 21.5. The average Bonchev–Trinajstić information content (AvgIpc) is 2.65. The van der Waals surface area contributed by atoms with Crippen molar-refractivity contribution >= 4 is 21.8 Å². The van der Waals surface area contributed by atoms with Gasteiger partial charge in [-0.2, -0.15) is 0 Å². The second-order valence-corrected chi connectivity index (χ2v) is 3.98. The molecule has 3 rings (SSSR count). The number of phenols is 2. The Balaban J connectivity index is 2.60. The number of rotatable bonds is 0. The predicted molar refractivity (Wildman–Crippen MR) is 63.9 cm³/mol. The van der Waals surface area contributed by atoms with Gasteiger partial charge in [0.25, 0.3) is 0 Å².